The number of amides is 2. The minimum atomic E-state index is -0.0487. The van der Waals surface area contributed by atoms with Gasteiger partial charge in [-0.15, -0.1) is 0 Å². The number of hydrogen-bond acceptors (Lipinski definition) is 2. The first-order chi connectivity index (χ1) is 12.0. The third kappa shape index (κ3) is 4.39. The smallest absolute Gasteiger partial charge is 0.317 e. The van der Waals surface area contributed by atoms with E-state index >= 15 is 0 Å². The van der Waals surface area contributed by atoms with E-state index in [1.54, 1.807) is 0 Å². The van der Waals surface area contributed by atoms with Gasteiger partial charge in [-0.05, 0) is 42.3 Å². The number of urea groups is 1. The maximum Gasteiger partial charge on any atom is 0.317 e. The fourth-order valence-electron chi connectivity index (χ4n) is 3.05. The molecule has 6 heteroatoms. The van der Waals surface area contributed by atoms with Gasteiger partial charge in [0.1, 0.15) is 0 Å². The van der Waals surface area contributed by atoms with Crippen molar-refractivity contribution in [2.24, 2.45) is 0 Å². The van der Waals surface area contributed by atoms with Crippen LogP contribution in [0.2, 0.25) is 10.0 Å². The molecule has 0 saturated carbocycles. The second kappa shape index (κ2) is 7.98. The highest BCUT2D eigenvalue weighted by Gasteiger charge is 2.22. The first-order valence-electron chi connectivity index (χ1n) is 8.32. The van der Waals surface area contributed by atoms with Crippen molar-refractivity contribution in [3.05, 3.63) is 63.6 Å². The van der Waals surface area contributed by atoms with Gasteiger partial charge in [-0.1, -0.05) is 41.4 Å². The Labute approximate surface area is 158 Å². The number of benzene rings is 2. The average molecular weight is 378 g/mol. The van der Waals surface area contributed by atoms with E-state index in [0.29, 0.717) is 24.7 Å². The van der Waals surface area contributed by atoms with Crippen molar-refractivity contribution in [3.8, 4) is 0 Å². The molecule has 0 bridgehead atoms. The molecule has 4 nitrogen and oxygen atoms in total. The SMILES string of the molecule is Cc1cc(Cl)ccc1N1CCN(C(=O)NCc2ccccc2Cl)CC1. The summed E-state index contributed by atoms with van der Waals surface area (Å²) in [4.78, 5) is 16.5. The molecule has 1 saturated heterocycles. The van der Waals surface area contributed by atoms with Gasteiger partial charge in [0.05, 0.1) is 0 Å². The molecule has 1 heterocycles. The van der Waals surface area contributed by atoms with Gasteiger partial charge in [0, 0.05) is 48.5 Å². The number of rotatable bonds is 3. The van der Waals surface area contributed by atoms with Crippen molar-refractivity contribution in [1.82, 2.24) is 10.2 Å². The average Bonchev–Trinajstić information content (AvgIpc) is 2.61. The van der Waals surface area contributed by atoms with E-state index in [-0.39, 0.29) is 6.03 Å². The molecule has 0 aliphatic carbocycles. The van der Waals surface area contributed by atoms with Crippen molar-refractivity contribution >= 4 is 34.9 Å². The molecular weight excluding hydrogens is 357 g/mol. The van der Waals surface area contributed by atoms with Gasteiger partial charge in [-0.2, -0.15) is 0 Å². The van der Waals surface area contributed by atoms with E-state index in [1.165, 1.54) is 5.69 Å². The van der Waals surface area contributed by atoms with Crippen LogP contribution in [0.5, 0.6) is 0 Å². The standard InChI is InChI=1S/C19H21Cl2N3O/c1-14-12-16(20)6-7-18(14)23-8-10-24(11-9-23)19(25)22-13-15-4-2-3-5-17(15)21/h2-7,12H,8-11,13H2,1H3,(H,22,25). The van der Waals surface area contributed by atoms with Crippen molar-refractivity contribution in [2.75, 3.05) is 31.1 Å². The van der Waals surface area contributed by atoms with Gasteiger partial charge >= 0.3 is 6.03 Å². The molecule has 0 spiro atoms. The molecule has 0 atom stereocenters. The second-order valence-electron chi connectivity index (χ2n) is 6.16. The Bertz CT molecular complexity index is 758. The third-order valence-corrected chi connectivity index (χ3v) is 5.06. The predicted molar refractivity (Wildman–Crippen MR) is 104 cm³/mol. The number of aryl methyl sites for hydroxylation is 1. The van der Waals surface area contributed by atoms with Gasteiger partial charge in [0.15, 0.2) is 0 Å². The van der Waals surface area contributed by atoms with Crippen LogP contribution in [-0.4, -0.2) is 37.1 Å². The summed E-state index contributed by atoms with van der Waals surface area (Å²) in [6, 6.07) is 13.4. The van der Waals surface area contributed by atoms with Crippen LogP contribution in [-0.2, 0) is 6.54 Å². The summed E-state index contributed by atoms with van der Waals surface area (Å²) >= 11 is 12.2. The zero-order valence-electron chi connectivity index (χ0n) is 14.1. The molecule has 2 aromatic rings. The van der Waals surface area contributed by atoms with Crippen LogP contribution >= 0.6 is 23.2 Å². The monoisotopic (exact) mass is 377 g/mol. The van der Waals surface area contributed by atoms with Gasteiger partial charge in [0.2, 0.25) is 0 Å². The van der Waals surface area contributed by atoms with Crippen LogP contribution in [0.1, 0.15) is 11.1 Å². The van der Waals surface area contributed by atoms with Crippen molar-refractivity contribution in [2.45, 2.75) is 13.5 Å². The molecule has 0 aromatic heterocycles. The molecule has 0 unspecified atom stereocenters. The van der Waals surface area contributed by atoms with E-state index in [9.17, 15) is 4.79 Å². The van der Waals surface area contributed by atoms with Crippen LogP contribution in [0.15, 0.2) is 42.5 Å². The summed E-state index contributed by atoms with van der Waals surface area (Å²) in [5.74, 6) is 0. The number of carbonyl (C=O) groups excluding carboxylic acids is 1. The summed E-state index contributed by atoms with van der Waals surface area (Å²) in [5, 5.41) is 4.37. The lowest BCUT2D eigenvalue weighted by molar-refractivity contribution is 0.194. The fraction of sp³-hybridized carbons (Fsp3) is 0.316. The van der Waals surface area contributed by atoms with E-state index in [0.717, 1.165) is 29.2 Å². The Morgan fingerprint density at radius 2 is 1.80 bits per heavy atom. The molecule has 1 N–H and O–H groups in total. The molecule has 0 radical (unpaired) electrons. The summed E-state index contributed by atoms with van der Waals surface area (Å²) in [6.07, 6.45) is 0. The van der Waals surface area contributed by atoms with Crippen molar-refractivity contribution in [1.29, 1.82) is 0 Å². The number of hydrogen-bond donors (Lipinski definition) is 1. The third-order valence-electron chi connectivity index (χ3n) is 4.45. The zero-order valence-corrected chi connectivity index (χ0v) is 15.6. The van der Waals surface area contributed by atoms with Crippen LogP contribution in [0.25, 0.3) is 0 Å². The Balaban J connectivity index is 1.53. The van der Waals surface area contributed by atoms with E-state index in [2.05, 4.69) is 17.1 Å². The molecule has 3 rings (SSSR count). The summed E-state index contributed by atoms with van der Waals surface area (Å²) in [5.41, 5.74) is 3.26. The first-order valence-corrected chi connectivity index (χ1v) is 9.07. The minimum Gasteiger partial charge on any atom is -0.368 e. The maximum absolute atomic E-state index is 12.4. The quantitative estimate of drug-likeness (QED) is 0.863. The Hall–Kier alpha value is -1.91. The Morgan fingerprint density at radius 1 is 1.08 bits per heavy atom. The highest BCUT2D eigenvalue weighted by atomic mass is 35.5. The molecule has 25 heavy (non-hydrogen) atoms. The maximum atomic E-state index is 12.4. The van der Waals surface area contributed by atoms with E-state index in [4.69, 9.17) is 23.2 Å². The minimum absolute atomic E-state index is 0.0487. The second-order valence-corrected chi connectivity index (χ2v) is 7.00. The Kier molecular flexibility index (Phi) is 5.71. The lowest BCUT2D eigenvalue weighted by atomic mass is 10.1. The van der Waals surface area contributed by atoms with Crippen LogP contribution < -0.4 is 10.2 Å². The number of carbonyl (C=O) groups is 1. The summed E-state index contributed by atoms with van der Waals surface area (Å²) < 4.78 is 0. The van der Waals surface area contributed by atoms with Crippen molar-refractivity contribution < 1.29 is 4.79 Å². The van der Waals surface area contributed by atoms with E-state index in [1.807, 2.05) is 47.4 Å². The van der Waals surface area contributed by atoms with Crippen LogP contribution in [0.3, 0.4) is 0 Å². The molecule has 2 aromatic carbocycles. The number of anilines is 1. The van der Waals surface area contributed by atoms with Gasteiger partial charge < -0.3 is 15.1 Å². The molecule has 1 fully saturated rings. The van der Waals surface area contributed by atoms with Gasteiger partial charge in [-0.3, -0.25) is 0 Å². The first kappa shape index (κ1) is 17.9. The van der Waals surface area contributed by atoms with Crippen molar-refractivity contribution in [3.63, 3.8) is 0 Å². The van der Waals surface area contributed by atoms with Gasteiger partial charge in [-0.25, -0.2) is 4.79 Å². The molecule has 2 amide bonds. The number of nitrogens with one attached hydrogen (secondary N) is 1. The lowest BCUT2D eigenvalue weighted by Gasteiger charge is -2.36. The molecule has 1 aliphatic heterocycles. The highest BCUT2D eigenvalue weighted by molar-refractivity contribution is 6.31. The largest absolute Gasteiger partial charge is 0.368 e. The molecule has 1 aliphatic rings. The van der Waals surface area contributed by atoms with E-state index < -0.39 is 0 Å². The number of halogens is 2. The molecular formula is C19H21Cl2N3O. The normalized spacial score (nSPS) is 14.5. The zero-order chi connectivity index (χ0) is 17.8. The topological polar surface area (TPSA) is 35.6 Å². The summed E-state index contributed by atoms with van der Waals surface area (Å²) in [7, 11) is 0. The van der Waals surface area contributed by atoms with Crippen LogP contribution in [0.4, 0.5) is 10.5 Å². The number of piperazine rings is 1. The number of nitrogens with zero attached hydrogens (tertiary/aromatic N) is 2. The van der Waals surface area contributed by atoms with Crippen LogP contribution in [0, 0.1) is 6.92 Å². The molecule has 132 valence electrons. The van der Waals surface area contributed by atoms with Gasteiger partial charge in [0.25, 0.3) is 0 Å². The highest BCUT2D eigenvalue weighted by Crippen LogP contribution is 2.24. The summed E-state index contributed by atoms with van der Waals surface area (Å²) in [6.45, 7) is 5.50. The predicted octanol–water partition coefficient (Wildman–Crippen LogP) is 4.33. The fourth-order valence-corrected chi connectivity index (χ4v) is 3.48. The Morgan fingerprint density at radius 3 is 2.48 bits per heavy atom. The lowest BCUT2D eigenvalue weighted by Crippen LogP contribution is -2.51.